The number of aliphatic hydroxyl groups is 2. The molecule has 5 nitrogen and oxygen atoms in total. The summed E-state index contributed by atoms with van der Waals surface area (Å²) in [6, 6.07) is 17.4. The number of anilines is 1. The van der Waals surface area contributed by atoms with Gasteiger partial charge < -0.3 is 20.3 Å². The van der Waals surface area contributed by atoms with E-state index < -0.39 is 24.3 Å². The van der Waals surface area contributed by atoms with Crippen molar-refractivity contribution in [1.82, 2.24) is 0 Å². The fourth-order valence-electron chi connectivity index (χ4n) is 3.78. The maximum absolute atomic E-state index is 12.7. The predicted octanol–water partition coefficient (Wildman–Crippen LogP) is 4.19. The molecule has 0 bridgehead atoms. The number of amides is 1. The van der Waals surface area contributed by atoms with E-state index in [9.17, 15) is 28.2 Å². The molecular formula is C23H20F3NO4. The van der Waals surface area contributed by atoms with Gasteiger partial charge in [0.15, 0.2) is 0 Å². The number of ether oxygens (including phenoxy) is 1. The monoisotopic (exact) mass is 431 g/mol. The first-order chi connectivity index (χ1) is 14.8. The first-order valence-electron chi connectivity index (χ1n) is 9.72. The van der Waals surface area contributed by atoms with Gasteiger partial charge in [0.05, 0.1) is 18.8 Å². The van der Waals surface area contributed by atoms with E-state index in [1.54, 1.807) is 24.3 Å². The molecule has 1 aliphatic heterocycles. The number of alkyl halides is 3. The van der Waals surface area contributed by atoms with E-state index in [1.807, 2.05) is 35.6 Å². The van der Waals surface area contributed by atoms with Crippen LogP contribution in [-0.4, -0.2) is 41.1 Å². The van der Waals surface area contributed by atoms with Crippen LogP contribution in [0.15, 0.2) is 60.7 Å². The van der Waals surface area contributed by atoms with Crippen LogP contribution in [0.4, 0.5) is 18.9 Å². The minimum absolute atomic E-state index is 0.0733. The molecule has 1 aliphatic rings. The number of carbonyl (C=O) groups excluding carboxylic acids is 1. The molecule has 8 heteroatoms. The highest BCUT2D eigenvalue weighted by Crippen LogP contribution is 2.36. The highest BCUT2D eigenvalue weighted by atomic mass is 19.4. The van der Waals surface area contributed by atoms with Crippen LogP contribution in [0.3, 0.4) is 0 Å². The minimum Gasteiger partial charge on any atom is -0.394 e. The fourth-order valence-corrected chi connectivity index (χ4v) is 3.78. The summed E-state index contributed by atoms with van der Waals surface area (Å²) in [5, 5.41) is 22.9. The number of nitrogens with one attached hydrogen (secondary N) is 1. The van der Waals surface area contributed by atoms with Gasteiger partial charge in [-0.2, -0.15) is 13.2 Å². The molecule has 0 aromatic heterocycles. The van der Waals surface area contributed by atoms with E-state index >= 15 is 0 Å². The second-order valence-electron chi connectivity index (χ2n) is 7.47. The highest BCUT2D eigenvalue weighted by Gasteiger charge is 2.39. The van der Waals surface area contributed by atoms with Gasteiger partial charge in [-0.15, -0.1) is 0 Å². The molecule has 0 radical (unpaired) electrons. The van der Waals surface area contributed by atoms with Crippen molar-refractivity contribution in [3.63, 3.8) is 0 Å². The van der Waals surface area contributed by atoms with Crippen molar-refractivity contribution < 1.29 is 32.9 Å². The molecule has 0 unspecified atom stereocenters. The molecule has 4 rings (SSSR count). The Morgan fingerprint density at radius 2 is 1.77 bits per heavy atom. The molecule has 1 fully saturated rings. The molecule has 31 heavy (non-hydrogen) atoms. The quantitative estimate of drug-likeness (QED) is 0.579. The van der Waals surface area contributed by atoms with Crippen molar-refractivity contribution in [3.05, 3.63) is 66.2 Å². The normalized spacial score (nSPS) is 21.4. The van der Waals surface area contributed by atoms with Gasteiger partial charge in [-0.25, -0.2) is 0 Å². The number of hydrogen-bond donors (Lipinski definition) is 3. The number of para-hydroxylation sites is 1. The standard InChI is InChI=1S/C23H20F3NO4/c24-23(25,26)22(30)27-18-4-2-1-3-17(18)15-7-5-14-10-16(8-6-13(14)9-15)20-11-19(29)21(12-28)31-20/h1-10,19-21,28-29H,11-12H2,(H,27,30)/t19-,20+,21+/m0/s1. The van der Waals surface area contributed by atoms with E-state index in [1.165, 1.54) is 6.07 Å². The van der Waals surface area contributed by atoms with Gasteiger partial charge in [0.2, 0.25) is 0 Å². The van der Waals surface area contributed by atoms with E-state index in [0.717, 1.165) is 16.3 Å². The van der Waals surface area contributed by atoms with E-state index in [-0.39, 0.29) is 18.4 Å². The van der Waals surface area contributed by atoms with Crippen LogP contribution < -0.4 is 5.32 Å². The van der Waals surface area contributed by atoms with Crippen molar-refractivity contribution in [2.45, 2.75) is 30.9 Å². The van der Waals surface area contributed by atoms with Crippen molar-refractivity contribution in [2.75, 3.05) is 11.9 Å². The van der Waals surface area contributed by atoms with Crippen LogP contribution in [0.25, 0.3) is 21.9 Å². The van der Waals surface area contributed by atoms with Crippen molar-refractivity contribution in [1.29, 1.82) is 0 Å². The zero-order valence-corrected chi connectivity index (χ0v) is 16.3. The summed E-state index contributed by atoms with van der Waals surface area (Å²) in [5.41, 5.74) is 2.07. The van der Waals surface area contributed by atoms with Crippen molar-refractivity contribution in [2.24, 2.45) is 0 Å². The number of rotatable bonds is 4. The third kappa shape index (κ3) is 4.41. The Labute approximate surface area is 176 Å². The van der Waals surface area contributed by atoms with Crippen LogP contribution in [0.2, 0.25) is 0 Å². The molecule has 1 amide bonds. The minimum atomic E-state index is -4.97. The summed E-state index contributed by atoms with van der Waals surface area (Å²) < 4.78 is 43.7. The summed E-state index contributed by atoms with van der Waals surface area (Å²) in [6.45, 7) is -0.251. The van der Waals surface area contributed by atoms with Gasteiger partial charge in [0.1, 0.15) is 6.10 Å². The maximum Gasteiger partial charge on any atom is 0.471 e. The van der Waals surface area contributed by atoms with Gasteiger partial charge in [0.25, 0.3) is 0 Å². The molecule has 3 atom stereocenters. The zero-order valence-electron chi connectivity index (χ0n) is 16.3. The van der Waals surface area contributed by atoms with Gasteiger partial charge in [0, 0.05) is 17.7 Å². The average Bonchev–Trinajstić information content (AvgIpc) is 3.13. The second kappa shape index (κ2) is 8.30. The number of aliphatic hydroxyl groups excluding tert-OH is 2. The molecule has 3 aromatic carbocycles. The van der Waals surface area contributed by atoms with E-state index in [4.69, 9.17) is 4.74 Å². The van der Waals surface area contributed by atoms with E-state index in [0.29, 0.717) is 17.5 Å². The average molecular weight is 431 g/mol. The zero-order chi connectivity index (χ0) is 22.2. The molecule has 0 spiro atoms. The maximum atomic E-state index is 12.7. The summed E-state index contributed by atoms with van der Waals surface area (Å²) in [4.78, 5) is 11.4. The molecular weight excluding hydrogens is 411 g/mol. The number of carbonyl (C=O) groups is 1. The third-order valence-corrected chi connectivity index (χ3v) is 5.38. The topological polar surface area (TPSA) is 78.8 Å². The Balaban J connectivity index is 1.63. The van der Waals surface area contributed by atoms with Crippen molar-refractivity contribution >= 4 is 22.4 Å². The van der Waals surface area contributed by atoms with Gasteiger partial charge in [-0.1, -0.05) is 42.5 Å². The van der Waals surface area contributed by atoms with Crippen LogP contribution >= 0.6 is 0 Å². The second-order valence-corrected chi connectivity index (χ2v) is 7.47. The summed E-state index contributed by atoms with van der Waals surface area (Å²) >= 11 is 0. The summed E-state index contributed by atoms with van der Waals surface area (Å²) in [7, 11) is 0. The number of fused-ring (bicyclic) bond motifs is 1. The van der Waals surface area contributed by atoms with Crippen LogP contribution in [-0.2, 0) is 9.53 Å². The van der Waals surface area contributed by atoms with Crippen LogP contribution in [0.5, 0.6) is 0 Å². The Kier molecular flexibility index (Phi) is 5.70. The molecule has 0 aliphatic carbocycles. The Bertz CT molecular complexity index is 1120. The predicted molar refractivity (Wildman–Crippen MR) is 109 cm³/mol. The molecule has 3 N–H and O–H groups in total. The highest BCUT2D eigenvalue weighted by molar-refractivity contribution is 5.99. The molecule has 1 heterocycles. The lowest BCUT2D eigenvalue weighted by atomic mass is 9.97. The number of benzene rings is 3. The Morgan fingerprint density at radius 1 is 1.06 bits per heavy atom. The lowest BCUT2D eigenvalue weighted by molar-refractivity contribution is -0.167. The third-order valence-electron chi connectivity index (χ3n) is 5.38. The first-order valence-corrected chi connectivity index (χ1v) is 9.72. The van der Waals surface area contributed by atoms with Crippen LogP contribution in [0.1, 0.15) is 18.1 Å². The first kappa shape index (κ1) is 21.3. The molecule has 0 saturated carbocycles. The van der Waals surface area contributed by atoms with Crippen LogP contribution in [0, 0.1) is 0 Å². The van der Waals surface area contributed by atoms with Gasteiger partial charge in [-0.3, -0.25) is 4.79 Å². The molecule has 3 aromatic rings. The molecule has 162 valence electrons. The lowest BCUT2D eigenvalue weighted by Gasteiger charge is -2.15. The lowest BCUT2D eigenvalue weighted by Crippen LogP contribution is -2.30. The molecule has 1 saturated heterocycles. The number of hydrogen-bond acceptors (Lipinski definition) is 4. The Morgan fingerprint density at radius 3 is 2.48 bits per heavy atom. The van der Waals surface area contributed by atoms with Gasteiger partial charge >= 0.3 is 12.1 Å². The fraction of sp³-hybridized carbons (Fsp3) is 0.261. The number of halogens is 3. The largest absolute Gasteiger partial charge is 0.471 e. The SMILES string of the molecule is O=C(Nc1ccccc1-c1ccc2cc([C@H]3C[C@H](O)[C@@H](CO)O3)ccc2c1)C(F)(F)F. The Hall–Kier alpha value is -2.94. The van der Waals surface area contributed by atoms with Gasteiger partial charge in [-0.05, 0) is 40.1 Å². The summed E-state index contributed by atoms with van der Waals surface area (Å²) in [6.07, 6.45) is -6.24. The smallest absolute Gasteiger partial charge is 0.394 e. The summed E-state index contributed by atoms with van der Waals surface area (Å²) in [5.74, 6) is -2.02. The van der Waals surface area contributed by atoms with E-state index in [2.05, 4.69) is 0 Å². The van der Waals surface area contributed by atoms with Crippen molar-refractivity contribution in [3.8, 4) is 11.1 Å².